The largest absolute Gasteiger partial charge is 0.408 e. The number of hydrogen-bond acceptors (Lipinski definition) is 5. The Balaban J connectivity index is 1.89. The molecule has 1 N–H and O–H groups in total. The molecule has 2 fully saturated rings. The molecular formula is C20H21F5N2O3S. The van der Waals surface area contributed by atoms with Crippen LogP contribution in [0.25, 0.3) is 0 Å². The Morgan fingerprint density at radius 1 is 1.26 bits per heavy atom. The normalized spacial score (nSPS) is 20.0. The topological polar surface area (TPSA) is 87.0 Å². The second kappa shape index (κ2) is 8.47. The second-order valence-corrected chi connectivity index (χ2v) is 10.6. The van der Waals surface area contributed by atoms with Gasteiger partial charge in [0, 0.05) is 18.1 Å². The maximum absolute atomic E-state index is 14.1. The van der Waals surface area contributed by atoms with E-state index < -0.39 is 68.7 Å². The minimum Gasteiger partial charge on any atom is -0.298 e. The number of rotatable bonds is 10. The van der Waals surface area contributed by atoms with Gasteiger partial charge in [-0.3, -0.25) is 10.1 Å². The molecule has 0 unspecified atom stereocenters. The molecule has 0 aromatic heterocycles. The van der Waals surface area contributed by atoms with Gasteiger partial charge in [0.05, 0.1) is 29.0 Å². The summed E-state index contributed by atoms with van der Waals surface area (Å²) in [6.45, 7) is 0. The standard InChI is InChI=1S/C20H21F5N2O3S/c21-13-3-4-14(15(22)7-13)18(20(23,24)25)27-16(10-31(29,30)9-12-1-2-12)17(28)8-19(11-26)5-6-19/h3-4,7,12,16,18,27H,1-2,5-6,8-10H2/t16-,18-/m0/s1. The Morgan fingerprint density at radius 2 is 1.90 bits per heavy atom. The monoisotopic (exact) mass is 464 g/mol. The number of carbonyl (C=O) groups is 1. The molecule has 2 saturated carbocycles. The van der Waals surface area contributed by atoms with Crippen LogP contribution in [0.5, 0.6) is 0 Å². The van der Waals surface area contributed by atoms with Crippen LogP contribution in [-0.2, 0) is 14.6 Å². The highest BCUT2D eigenvalue weighted by atomic mass is 32.2. The average molecular weight is 464 g/mol. The van der Waals surface area contributed by atoms with Gasteiger partial charge in [-0.1, -0.05) is 6.07 Å². The van der Waals surface area contributed by atoms with E-state index in [1.54, 1.807) is 0 Å². The summed E-state index contributed by atoms with van der Waals surface area (Å²) in [5.74, 6) is -4.62. The van der Waals surface area contributed by atoms with Gasteiger partial charge >= 0.3 is 6.18 Å². The first-order valence-corrected chi connectivity index (χ1v) is 11.6. The Morgan fingerprint density at radius 3 is 2.39 bits per heavy atom. The Labute approximate surface area is 176 Å². The zero-order valence-corrected chi connectivity index (χ0v) is 17.2. The van der Waals surface area contributed by atoms with Gasteiger partial charge in [0.25, 0.3) is 0 Å². The summed E-state index contributed by atoms with van der Waals surface area (Å²) in [4.78, 5) is 12.8. The van der Waals surface area contributed by atoms with Gasteiger partial charge in [-0.15, -0.1) is 0 Å². The molecule has 0 spiro atoms. The number of benzene rings is 1. The van der Waals surface area contributed by atoms with Crippen LogP contribution in [0.15, 0.2) is 18.2 Å². The van der Waals surface area contributed by atoms with Crippen LogP contribution in [0.4, 0.5) is 22.0 Å². The van der Waals surface area contributed by atoms with Crippen LogP contribution < -0.4 is 5.32 Å². The molecule has 1 aromatic carbocycles. The maximum Gasteiger partial charge on any atom is 0.408 e. The minimum absolute atomic E-state index is 0.0809. The fourth-order valence-electron chi connectivity index (χ4n) is 3.43. The van der Waals surface area contributed by atoms with E-state index in [1.165, 1.54) is 0 Å². The molecule has 31 heavy (non-hydrogen) atoms. The third-order valence-electron chi connectivity index (χ3n) is 5.57. The van der Waals surface area contributed by atoms with E-state index in [1.807, 2.05) is 11.4 Å². The molecule has 2 aliphatic carbocycles. The van der Waals surface area contributed by atoms with E-state index in [9.17, 15) is 40.4 Å². The SMILES string of the molecule is N#CC1(CC(=O)[C@H](CS(=O)(=O)CC2CC2)N[C@@H](c2ccc(F)cc2F)C(F)(F)F)CC1. The van der Waals surface area contributed by atoms with Crippen LogP contribution in [0.1, 0.15) is 43.7 Å². The average Bonchev–Trinajstić information content (AvgIpc) is 3.56. The number of nitrogens with zero attached hydrogens (tertiary/aromatic N) is 1. The third-order valence-corrected chi connectivity index (χ3v) is 7.39. The highest BCUT2D eigenvalue weighted by Crippen LogP contribution is 2.48. The van der Waals surface area contributed by atoms with Crippen molar-refractivity contribution in [2.45, 2.75) is 50.4 Å². The summed E-state index contributed by atoms with van der Waals surface area (Å²) in [6.07, 6.45) is -3.32. The molecule has 0 heterocycles. The zero-order valence-electron chi connectivity index (χ0n) is 16.4. The number of ketones is 1. The zero-order chi connectivity index (χ0) is 23.0. The molecule has 0 amide bonds. The van der Waals surface area contributed by atoms with Gasteiger partial charge in [-0.25, -0.2) is 17.2 Å². The lowest BCUT2D eigenvalue weighted by Crippen LogP contribution is -2.49. The molecule has 0 bridgehead atoms. The molecule has 11 heteroatoms. The van der Waals surface area contributed by atoms with Gasteiger partial charge in [-0.05, 0) is 37.7 Å². The number of nitrogens with one attached hydrogen (secondary N) is 1. The van der Waals surface area contributed by atoms with Gasteiger partial charge < -0.3 is 0 Å². The molecule has 170 valence electrons. The van der Waals surface area contributed by atoms with E-state index in [0.29, 0.717) is 37.8 Å². The number of halogens is 5. The molecule has 0 aliphatic heterocycles. The molecule has 1 aromatic rings. The van der Waals surface area contributed by atoms with E-state index in [2.05, 4.69) is 0 Å². The lowest BCUT2D eigenvalue weighted by molar-refractivity contribution is -0.161. The van der Waals surface area contributed by atoms with Crippen molar-refractivity contribution in [2.75, 3.05) is 11.5 Å². The molecule has 0 saturated heterocycles. The van der Waals surface area contributed by atoms with E-state index in [-0.39, 0.29) is 17.7 Å². The van der Waals surface area contributed by atoms with Gasteiger partial charge in [-0.2, -0.15) is 18.4 Å². The number of carbonyl (C=O) groups excluding carboxylic acids is 1. The summed E-state index contributed by atoms with van der Waals surface area (Å²) in [5.41, 5.74) is -1.95. The summed E-state index contributed by atoms with van der Waals surface area (Å²) in [6, 6.07) is -1.03. The number of nitriles is 1. The number of sulfone groups is 1. The van der Waals surface area contributed by atoms with E-state index in [0.717, 1.165) is 0 Å². The maximum atomic E-state index is 14.1. The fraction of sp³-hybridized carbons (Fsp3) is 0.600. The number of alkyl halides is 3. The van der Waals surface area contributed by atoms with Crippen molar-refractivity contribution >= 4 is 15.6 Å². The highest BCUT2D eigenvalue weighted by Gasteiger charge is 2.49. The van der Waals surface area contributed by atoms with Crippen LogP contribution in [0.2, 0.25) is 0 Å². The molecule has 5 nitrogen and oxygen atoms in total. The summed E-state index contributed by atoms with van der Waals surface area (Å²) in [7, 11) is -3.88. The molecule has 3 rings (SSSR count). The Hall–Kier alpha value is -2.06. The molecular weight excluding hydrogens is 443 g/mol. The van der Waals surface area contributed by atoms with Gasteiger partial charge in [0.1, 0.15) is 17.7 Å². The second-order valence-electron chi connectivity index (χ2n) is 8.42. The predicted molar refractivity (Wildman–Crippen MR) is 100 cm³/mol. The van der Waals surface area contributed by atoms with Crippen LogP contribution in [-0.4, -0.2) is 37.9 Å². The Bertz CT molecular complexity index is 995. The van der Waals surface area contributed by atoms with Crippen molar-refractivity contribution in [1.29, 1.82) is 5.26 Å². The lowest BCUT2D eigenvalue weighted by Gasteiger charge is -2.28. The molecule has 2 atom stereocenters. The summed E-state index contributed by atoms with van der Waals surface area (Å²) >= 11 is 0. The first-order valence-electron chi connectivity index (χ1n) is 9.76. The summed E-state index contributed by atoms with van der Waals surface area (Å²) < 4.78 is 93.4. The smallest absolute Gasteiger partial charge is 0.298 e. The lowest BCUT2D eigenvalue weighted by atomic mass is 9.96. The highest BCUT2D eigenvalue weighted by molar-refractivity contribution is 7.91. The van der Waals surface area contributed by atoms with E-state index in [4.69, 9.17) is 0 Å². The minimum atomic E-state index is -5.09. The Kier molecular flexibility index (Phi) is 6.45. The van der Waals surface area contributed by atoms with Crippen molar-refractivity contribution in [3.8, 4) is 6.07 Å². The van der Waals surface area contributed by atoms with Crippen molar-refractivity contribution in [3.63, 3.8) is 0 Å². The van der Waals surface area contributed by atoms with Crippen LogP contribution in [0, 0.1) is 34.3 Å². The molecule has 0 radical (unpaired) electrons. The van der Waals surface area contributed by atoms with Gasteiger partial charge in [0.2, 0.25) is 0 Å². The van der Waals surface area contributed by atoms with Crippen molar-refractivity contribution in [3.05, 3.63) is 35.4 Å². The summed E-state index contributed by atoms with van der Waals surface area (Å²) in [5, 5.41) is 11.2. The number of Topliss-reactive ketones (excluding diaryl/α,β-unsaturated/α-hetero) is 1. The quantitative estimate of drug-likeness (QED) is 0.535. The van der Waals surface area contributed by atoms with Crippen molar-refractivity contribution < 1.29 is 35.2 Å². The van der Waals surface area contributed by atoms with Crippen molar-refractivity contribution in [2.24, 2.45) is 11.3 Å². The van der Waals surface area contributed by atoms with E-state index >= 15 is 0 Å². The van der Waals surface area contributed by atoms with Gasteiger partial charge in [0.15, 0.2) is 15.6 Å². The first kappa shape index (κ1) is 23.6. The predicted octanol–water partition coefficient (Wildman–Crippen LogP) is 3.61. The van der Waals surface area contributed by atoms with Crippen LogP contribution in [0.3, 0.4) is 0 Å². The molecule has 2 aliphatic rings. The van der Waals surface area contributed by atoms with Crippen molar-refractivity contribution in [1.82, 2.24) is 5.32 Å². The number of hydrogen-bond donors (Lipinski definition) is 1. The first-order chi connectivity index (χ1) is 14.3. The van der Waals surface area contributed by atoms with Crippen LogP contribution >= 0.6 is 0 Å². The fourth-order valence-corrected chi connectivity index (χ4v) is 5.41. The third kappa shape index (κ3) is 6.23.